The molecule has 4 heteroatoms. The molecule has 3 N–H and O–H groups in total. The van der Waals surface area contributed by atoms with Gasteiger partial charge in [-0.15, -0.1) is 0 Å². The van der Waals surface area contributed by atoms with Gasteiger partial charge in [-0.05, 0) is 48.9 Å². The number of hydrogen-bond acceptors (Lipinski definition) is 2. The standard InChI is InChI=1S/C14H14BrFN2/c1-9-6-12(17)3-5-14(9)18-8-10-7-11(15)2-4-13(10)16/h2-7,18H,8,17H2,1H3. The van der Waals surface area contributed by atoms with Crippen molar-refractivity contribution in [3.05, 3.63) is 57.8 Å². The first kappa shape index (κ1) is 12.9. The smallest absolute Gasteiger partial charge is 0.128 e. The Morgan fingerprint density at radius 3 is 2.72 bits per heavy atom. The van der Waals surface area contributed by atoms with Crippen molar-refractivity contribution in [3.8, 4) is 0 Å². The Labute approximate surface area is 114 Å². The molecule has 0 spiro atoms. The van der Waals surface area contributed by atoms with Crippen molar-refractivity contribution in [2.75, 3.05) is 11.1 Å². The monoisotopic (exact) mass is 308 g/mol. The minimum absolute atomic E-state index is 0.209. The van der Waals surface area contributed by atoms with Gasteiger partial charge in [0.15, 0.2) is 0 Å². The molecule has 0 saturated carbocycles. The summed E-state index contributed by atoms with van der Waals surface area (Å²) in [5.74, 6) is -0.209. The van der Waals surface area contributed by atoms with Crippen molar-refractivity contribution in [2.45, 2.75) is 13.5 Å². The molecule has 2 aromatic carbocycles. The first-order valence-corrected chi connectivity index (χ1v) is 6.39. The lowest BCUT2D eigenvalue weighted by Crippen LogP contribution is -2.03. The van der Waals surface area contributed by atoms with E-state index in [1.54, 1.807) is 12.1 Å². The van der Waals surface area contributed by atoms with Crippen LogP contribution in [0.25, 0.3) is 0 Å². The zero-order valence-corrected chi connectivity index (χ0v) is 11.6. The Morgan fingerprint density at radius 2 is 2.00 bits per heavy atom. The third-order valence-electron chi connectivity index (χ3n) is 2.73. The van der Waals surface area contributed by atoms with Gasteiger partial charge < -0.3 is 11.1 Å². The molecular weight excluding hydrogens is 295 g/mol. The maximum absolute atomic E-state index is 13.6. The molecule has 0 aromatic heterocycles. The minimum atomic E-state index is -0.209. The summed E-state index contributed by atoms with van der Waals surface area (Å²) in [6.07, 6.45) is 0. The summed E-state index contributed by atoms with van der Waals surface area (Å²) in [5, 5.41) is 3.21. The van der Waals surface area contributed by atoms with E-state index < -0.39 is 0 Å². The van der Waals surface area contributed by atoms with Crippen molar-refractivity contribution >= 4 is 27.3 Å². The maximum Gasteiger partial charge on any atom is 0.128 e. The molecule has 0 aliphatic rings. The predicted molar refractivity (Wildman–Crippen MR) is 77.0 cm³/mol. The molecular formula is C14H14BrFN2. The fourth-order valence-electron chi connectivity index (χ4n) is 1.75. The summed E-state index contributed by atoms with van der Waals surface area (Å²) in [4.78, 5) is 0. The van der Waals surface area contributed by atoms with Crippen LogP contribution in [0, 0.1) is 12.7 Å². The zero-order valence-electron chi connectivity index (χ0n) is 10.0. The first-order valence-electron chi connectivity index (χ1n) is 5.60. The molecule has 2 nitrogen and oxygen atoms in total. The van der Waals surface area contributed by atoms with E-state index in [9.17, 15) is 4.39 Å². The van der Waals surface area contributed by atoms with Crippen LogP contribution in [0.4, 0.5) is 15.8 Å². The quantitative estimate of drug-likeness (QED) is 0.838. The largest absolute Gasteiger partial charge is 0.399 e. The molecule has 0 unspecified atom stereocenters. The van der Waals surface area contributed by atoms with Gasteiger partial charge in [-0.2, -0.15) is 0 Å². The fourth-order valence-corrected chi connectivity index (χ4v) is 2.16. The van der Waals surface area contributed by atoms with Gasteiger partial charge in [0.05, 0.1) is 0 Å². The second-order valence-corrected chi connectivity index (χ2v) is 5.08. The third kappa shape index (κ3) is 3.01. The van der Waals surface area contributed by atoms with E-state index in [0.29, 0.717) is 12.1 Å². The average molecular weight is 309 g/mol. The van der Waals surface area contributed by atoms with E-state index >= 15 is 0 Å². The highest BCUT2D eigenvalue weighted by Gasteiger charge is 2.04. The minimum Gasteiger partial charge on any atom is -0.399 e. The van der Waals surface area contributed by atoms with Crippen molar-refractivity contribution < 1.29 is 4.39 Å². The second kappa shape index (κ2) is 5.40. The number of nitrogens with two attached hydrogens (primary N) is 1. The van der Waals surface area contributed by atoms with Crippen LogP contribution in [-0.2, 0) is 6.54 Å². The zero-order chi connectivity index (χ0) is 13.1. The lowest BCUT2D eigenvalue weighted by atomic mass is 10.1. The number of halogens is 2. The van der Waals surface area contributed by atoms with Crippen LogP contribution in [-0.4, -0.2) is 0 Å². The third-order valence-corrected chi connectivity index (χ3v) is 3.22. The van der Waals surface area contributed by atoms with Gasteiger partial charge in [0.1, 0.15) is 5.82 Å². The lowest BCUT2D eigenvalue weighted by Gasteiger charge is -2.11. The van der Waals surface area contributed by atoms with Crippen LogP contribution >= 0.6 is 15.9 Å². The van der Waals surface area contributed by atoms with Gasteiger partial charge in [0.2, 0.25) is 0 Å². The molecule has 0 radical (unpaired) electrons. The van der Waals surface area contributed by atoms with E-state index in [4.69, 9.17) is 5.73 Å². The van der Waals surface area contributed by atoms with Crippen LogP contribution in [0.15, 0.2) is 40.9 Å². The van der Waals surface area contributed by atoms with Crippen LogP contribution in [0.3, 0.4) is 0 Å². The lowest BCUT2D eigenvalue weighted by molar-refractivity contribution is 0.612. The molecule has 0 saturated heterocycles. The molecule has 0 amide bonds. The van der Waals surface area contributed by atoms with E-state index in [0.717, 1.165) is 21.4 Å². The van der Waals surface area contributed by atoms with Gasteiger partial charge in [0, 0.05) is 28.0 Å². The molecule has 0 atom stereocenters. The SMILES string of the molecule is Cc1cc(N)ccc1NCc1cc(Br)ccc1F. The first-order chi connectivity index (χ1) is 8.56. The Balaban J connectivity index is 2.13. The number of nitrogens with one attached hydrogen (secondary N) is 1. The Bertz CT molecular complexity index is 570. The summed E-state index contributed by atoms with van der Waals surface area (Å²) >= 11 is 3.34. The molecule has 18 heavy (non-hydrogen) atoms. The van der Waals surface area contributed by atoms with Crippen molar-refractivity contribution in [2.24, 2.45) is 0 Å². The molecule has 0 aliphatic carbocycles. The van der Waals surface area contributed by atoms with Gasteiger partial charge in [-0.1, -0.05) is 15.9 Å². The van der Waals surface area contributed by atoms with E-state index in [1.165, 1.54) is 6.07 Å². The summed E-state index contributed by atoms with van der Waals surface area (Å²) < 4.78 is 14.4. The van der Waals surface area contributed by atoms with Gasteiger partial charge in [-0.3, -0.25) is 0 Å². The number of anilines is 2. The molecule has 2 aromatic rings. The molecule has 0 bridgehead atoms. The van der Waals surface area contributed by atoms with E-state index in [1.807, 2.05) is 25.1 Å². The Morgan fingerprint density at radius 1 is 1.22 bits per heavy atom. The summed E-state index contributed by atoms with van der Waals surface area (Å²) in [6.45, 7) is 2.41. The van der Waals surface area contributed by atoms with Crippen LogP contribution in [0.2, 0.25) is 0 Å². The van der Waals surface area contributed by atoms with Crippen LogP contribution < -0.4 is 11.1 Å². The van der Waals surface area contributed by atoms with Gasteiger partial charge in [0.25, 0.3) is 0 Å². The number of hydrogen-bond donors (Lipinski definition) is 2. The van der Waals surface area contributed by atoms with Crippen LogP contribution in [0.1, 0.15) is 11.1 Å². The molecule has 2 rings (SSSR count). The molecule has 0 heterocycles. The highest BCUT2D eigenvalue weighted by molar-refractivity contribution is 9.10. The van der Waals surface area contributed by atoms with Crippen molar-refractivity contribution in [1.82, 2.24) is 0 Å². The highest BCUT2D eigenvalue weighted by atomic mass is 79.9. The maximum atomic E-state index is 13.6. The molecule has 0 fully saturated rings. The number of benzene rings is 2. The summed E-state index contributed by atoms with van der Waals surface area (Å²) in [7, 11) is 0. The summed E-state index contributed by atoms with van der Waals surface area (Å²) in [6, 6.07) is 10.5. The second-order valence-electron chi connectivity index (χ2n) is 4.16. The molecule has 0 aliphatic heterocycles. The van der Waals surface area contributed by atoms with Crippen LogP contribution in [0.5, 0.6) is 0 Å². The topological polar surface area (TPSA) is 38.0 Å². The highest BCUT2D eigenvalue weighted by Crippen LogP contribution is 2.20. The fraction of sp³-hybridized carbons (Fsp3) is 0.143. The van der Waals surface area contributed by atoms with E-state index in [-0.39, 0.29) is 5.82 Å². The van der Waals surface area contributed by atoms with Crippen molar-refractivity contribution in [3.63, 3.8) is 0 Å². The van der Waals surface area contributed by atoms with Crippen molar-refractivity contribution in [1.29, 1.82) is 0 Å². The normalized spacial score (nSPS) is 10.4. The summed E-state index contributed by atoms with van der Waals surface area (Å²) in [5.41, 5.74) is 9.05. The average Bonchev–Trinajstić information content (AvgIpc) is 2.32. The predicted octanol–water partition coefficient (Wildman–Crippen LogP) is 4.09. The Kier molecular flexibility index (Phi) is 3.87. The van der Waals surface area contributed by atoms with Gasteiger partial charge >= 0.3 is 0 Å². The molecule has 94 valence electrons. The van der Waals surface area contributed by atoms with E-state index in [2.05, 4.69) is 21.2 Å². The Hall–Kier alpha value is -1.55. The van der Waals surface area contributed by atoms with Gasteiger partial charge in [-0.25, -0.2) is 4.39 Å². The number of aryl methyl sites for hydroxylation is 1. The number of rotatable bonds is 3. The number of nitrogen functional groups attached to an aromatic ring is 1.